The molecule has 0 spiro atoms. The lowest BCUT2D eigenvalue weighted by molar-refractivity contribution is -0.147. The maximum absolute atomic E-state index is 12.9. The predicted octanol–water partition coefficient (Wildman–Crippen LogP) is 5.22. The molecule has 0 aliphatic carbocycles. The first-order valence-electron chi connectivity index (χ1n) is 11.7. The average Bonchev–Trinajstić information content (AvgIpc) is 2.86. The number of carbonyl (C=O) groups excluding carboxylic acids is 3. The summed E-state index contributed by atoms with van der Waals surface area (Å²) < 4.78 is 16.1. The molecule has 0 bridgehead atoms. The Morgan fingerprint density at radius 1 is 0.722 bits per heavy atom. The summed E-state index contributed by atoms with van der Waals surface area (Å²) in [6.07, 6.45) is -0.575. The number of carbonyl (C=O) groups is 3. The molecule has 0 unspecified atom stereocenters. The zero-order valence-electron chi connectivity index (χ0n) is 20.7. The smallest absolute Gasteiger partial charge is 0.408 e. The van der Waals surface area contributed by atoms with Crippen molar-refractivity contribution >= 4 is 18.0 Å². The Morgan fingerprint density at radius 3 is 1.78 bits per heavy atom. The lowest BCUT2D eigenvalue weighted by Gasteiger charge is -2.20. The van der Waals surface area contributed by atoms with Gasteiger partial charge < -0.3 is 19.5 Å². The van der Waals surface area contributed by atoms with Crippen molar-refractivity contribution in [1.82, 2.24) is 5.32 Å². The largest absolute Gasteiger partial charge is 0.459 e. The van der Waals surface area contributed by atoms with Crippen molar-refractivity contribution in [3.05, 3.63) is 107 Å². The first-order chi connectivity index (χ1) is 17.2. The minimum Gasteiger partial charge on any atom is -0.459 e. The minimum absolute atomic E-state index is 0.0725. The van der Waals surface area contributed by atoms with Crippen molar-refractivity contribution in [2.75, 3.05) is 0 Å². The maximum atomic E-state index is 12.9. The third-order valence-electron chi connectivity index (χ3n) is 5.04. The molecule has 1 N–H and O–H groups in total. The van der Waals surface area contributed by atoms with Crippen molar-refractivity contribution in [2.24, 2.45) is 0 Å². The molecule has 1 amide bonds. The fourth-order valence-electron chi connectivity index (χ4n) is 3.28. The molecule has 0 saturated heterocycles. The third-order valence-corrected chi connectivity index (χ3v) is 5.04. The number of rotatable bonds is 9. The monoisotopic (exact) mass is 489 g/mol. The summed E-state index contributed by atoms with van der Waals surface area (Å²) in [7, 11) is 0. The minimum atomic E-state index is -0.982. The van der Waals surface area contributed by atoms with Crippen molar-refractivity contribution in [2.45, 2.75) is 52.0 Å². The van der Waals surface area contributed by atoms with Crippen LogP contribution in [0.15, 0.2) is 84.9 Å². The highest BCUT2D eigenvalue weighted by Gasteiger charge is 2.24. The van der Waals surface area contributed by atoms with E-state index in [1.54, 1.807) is 45.0 Å². The van der Waals surface area contributed by atoms with Gasteiger partial charge in [0, 0.05) is 6.42 Å². The number of amides is 1. The van der Waals surface area contributed by atoms with Crippen LogP contribution in [0.25, 0.3) is 0 Å². The zero-order chi connectivity index (χ0) is 26.0. The van der Waals surface area contributed by atoms with Crippen LogP contribution in [0.4, 0.5) is 4.79 Å². The Morgan fingerprint density at radius 2 is 1.25 bits per heavy atom. The van der Waals surface area contributed by atoms with E-state index >= 15 is 0 Å². The second-order valence-electron chi connectivity index (χ2n) is 9.25. The lowest BCUT2D eigenvalue weighted by atomic mass is 10.0. The summed E-state index contributed by atoms with van der Waals surface area (Å²) in [5.74, 6) is -1.03. The molecule has 3 aromatic carbocycles. The van der Waals surface area contributed by atoms with Crippen molar-refractivity contribution in [1.29, 1.82) is 0 Å². The Bertz CT molecular complexity index is 1140. The van der Waals surface area contributed by atoms with E-state index in [4.69, 9.17) is 14.2 Å². The average molecular weight is 490 g/mol. The van der Waals surface area contributed by atoms with E-state index in [9.17, 15) is 14.4 Å². The van der Waals surface area contributed by atoms with E-state index in [2.05, 4.69) is 5.32 Å². The van der Waals surface area contributed by atoms with Gasteiger partial charge in [-0.1, -0.05) is 72.8 Å². The van der Waals surface area contributed by atoms with E-state index in [-0.39, 0.29) is 19.6 Å². The highest BCUT2D eigenvalue weighted by atomic mass is 16.6. The second-order valence-corrected chi connectivity index (χ2v) is 9.25. The lowest BCUT2D eigenvalue weighted by Crippen LogP contribution is -2.43. The van der Waals surface area contributed by atoms with Gasteiger partial charge in [-0.25, -0.2) is 14.4 Å². The Kier molecular flexibility index (Phi) is 9.22. The number of hydrogen-bond acceptors (Lipinski definition) is 6. The SMILES string of the molecule is CC(C)(C)OC(=O)c1ccc(C[C@H](NC(=O)OCc2ccccc2)C(=O)OCc2ccccc2)cc1. The molecule has 36 heavy (non-hydrogen) atoms. The third kappa shape index (κ3) is 8.91. The van der Waals surface area contributed by atoms with Crippen LogP contribution >= 0.6 is 0 Å². The van der Waals surface area contributed by atoms with Crippen molar-refractivity contribution < 1.29 is 28.6 Å². The first kappa shape index (κ1) is 26.5. The summed E-state index contributed by atoms with van der Waals surface area (Å²) in [5, 5.41) is 2.61. The molecule has 0 aliphatic heterocycles. The fourth-order valence-corrected chi connectivity index (χ4v) is 3.28. The van der Waals surface area contributed by atoms with Crippen molar-refractivity contribution in [3.8, 4) is 0 Å². The van der Waals surface area contributed by atoms with Gasteiger partial charge >= 0.3 is 18.0 Å². The fraction of sp³-hybridized carbons (Fsp3) is 0.276. The molecule has 0 aliphatic rings. The molecule has 1 atom stereocenters. The van der Waals surface area contributed by atoms with Gasteiger partial charge in [0.05, 0.1) is 5.56 Å². The van der Waals surface area contributed by atoms with Gasteiger partial charge in [-0.15, -0.1) is 0 Å². The zero-order valence-corrected chi connectivity index (χ0v) is 20.7. The van der Waals surface area contributed by atoms with Gasteiger partial charge in [0.2, 0.25) is 0 Å². The van der Waals surface area contributed by atoms with Gasteiger partial charge in [-0.3, -0.25) is 0 Å². The van der Waals surface area contributed by atoms with Crippen LogP contribution in [0.3, 0.4) is 0 Å². The van der Waals surface area contributed by atoms with Crippen LogP contribution in [0.1, 0.15) is 47.8 Å². The molecule has 7 heteroatoms. The second kappa shape index (κ2) is 12.5. The van der Waals surface area contributed by atoms with Gasteiger partial charge in [0.1, 0.15) is 24.9 Å². The van der Waals surface area contributed by atoms with Gasteiger partial charge in [0.25, 0.3) is 0 Å². The Balaban J connectivity index is 1.66. The first-order valence-corrected chi connectivity index (χ1v) is 11.7. The topological polar surface area (TPSA) is 90.9 Å². The predicted molar refractivity (Wildman–Crippen MR) is 135 cm³/mol. The van der Waals surface area contributed by atoms with E-state index in [0.29, 0.717) is 5.56 Å². The number of esters is 2. The Hall–Kier alpha value is -4.13. The summed E-state index contributed by atoms with van der Waals surface area (Å²) in [4.78, 5) is 37.7. The number of ether oxygens (including phenoxy) is 3. The van der Waals surface area contributed by atoms with Gasteiger partial charge in [0.15, 0.2) is 0 Å². The molecule has 0 fully saturated rings. The molecule has 0 saturated carbocycles. The highest BCUT2D eigenvalue weighted by molar-refractivity contribution is 5.89. The number of benzene rings is 3. The molecule has 3 aromatic rings. The van der Waals surface area contributed by atoms with Crippen LogP contribution in [0, 0.1) is 0 Å². The summed E-state index contributed by atoms with van der Waals surface area (Å²) >= 11 is 0. The maximum Gasteiger partial charge on any atom is 0.408 e. The molecule has 0 heterocycles. The van der Waals surface area contributed by atoms with E-state index < -0.39 is 29.7 Å². The molecular formula is C29H31NO6. The molecular weight excluding hydrogens is 458 g/mol. The van der Waals surface area contributed by atoms with Crippen LogP contribution in [0.2, 0.25) is 0 Å². The molecule has 7 nitrogen and oxygen atoms in total. The van der Waals surface area contributed by atoms with Gasteiger partial charge in [-0.05, 0) is 49.6 Å². The number of alkyl carbamates (subject to hydrolysis) is 1. The van der Waals surface area contributed by atoms with Crippen LogP contribution in [-0.2, 0) is 38.6 Å². The Labute approximate surface area is 211 Å². The number of nitrogens with one attached hydrogen (secondary N) is 1. The van der Waals surface area contributed by atoms with E-state index in [1.807, 2.05) is 60.7 Å². The van der Waals surface area contributed by atoms with Crippen LogP contribution in [-0.4, -0.2) is 29.7 Å². The summed E-state index contributed by atoms with van der Waals surface area (Å²) in [6, 6.07) is 24.2. The van der Waals surface area contributed by atoms with E-state index in [1.165, 1.54) is 0 Å². The standard InChI is InChI=1S/C29H31NO6/c1-29(2,3)36-26(31)24-16-14-21(15-17-24)18-25(27(32)34-19-22-10-6-4-7-11-22)30-28(33)35-20-23-12-8-5-9-13-23/h4-17,25H,18-20H2,1-3H3,(H,30,33)/t25-/m0/s1. The quantitative estimate of drug-likeness (QED) is 0.327. The van der Waals surface area contributed by atoms with Crippen LogP contribution < -0.4 is 5.32 Å². The van der Waals surface area contributed by atoms with E-state index in [0.717, 1.165) is 16.7 Å². The normalized spacial score (nSPS) is 11.8. The van der Waals surface area contributed by atoms with Crippen LogP contribution in [0.5, 0.6) is 0 Å². The molecule has 0 aromatic heterocycles. The van der Waals surface area contributed by atoms with Crippen molar-refractivity contribution in [3.63, 3.8) is 0 Å². The molecule has 188 valence electrons. The van der Waals surface area contributed by atoms with Gasteiger partial charge in [-0.2, -0.15) is 0 Å². The summed E-state index contributed by atoms with van der Waals surface area (Å²) in [5.41, 5.74) is 2.18. The molecule has 3 rings (SSSR count). The number of hydrogen-bond donors (Lipinski definition) is 1. The molecule has 0 radical (unpaired) electrons. The summed E-state index contributed by atoms with van der Waals surface area (Å²) in [6.45, 7) is 5.55. The highest BCUT2D eigenvalue weighted by Crippen LogP contribution is 2.14.